The Morgan fingerprint density at radius 2 is 1.88 bits per heavy atom. The van der Waals surface area contributed by atoms with Gasteiger partial charge in [0.05, 0.1) is 0 Å². The topological polar surface area (TPSA) is 53.1 Å². The zero-order chi connectivity index (χ0) is 18.7. The van der Waals surface area contributed by atoms with Gasteiger partial charge in [-0.05, 0) is 25.1 Å². The Labute approximate surface area is 159 Å². The minimum atomic E-state index is 0.0617. The Balaban J connectivity index is 1.54. The number of benzene rings is 1. The van der Waals surface area contributed by atoms with Crippen molar-refractivity contribution in [2.75, 3.05) is 39.3 Å². The van der Waals surface area contributed by atoms with Gasteiger partial charge in [0.2, 0.25) is 11.8 Å². The molecule has 0 N–H and O–H groups in total. The minimum absolute atomic E-state index is 0.0617. The highest BCUT2D eigenvalue weighted by atomic mass is 35.5. The predicted octanol–water partition coefficient (Wildman–Crippen LogP) is 2.00. The Bertz CT molecular complexity index is 674. The van der Waals surface area contributed by atoms with Crippen molar-refractivity contribution < 1.29 is 14.3 Å². The Kier molecular flexibility index (Phi) is 6.04. The quantitative estimate of drug-likeness (QED) is 0.806. The number of hydrogen-bond donors (Lipinski definition) is 0. The van der Waals surface area contributed by atoms with Crippen molar-refractivity contribution >= 4 is 23.4 Å². The first kappa shape index (κ1) is 19.0. The Morgan fingerprint density at radius 1 is 1.19 bits per heavy atom. The standard InChI is InChI=1S/C19H26ClN3O3/c1-14-12-21(13-16-11-17(20)3-4-18(16)26-14)6-5-19(25)23-9-7-22(8-10-23)15(2)24/h3-4,11,14H,5-10,12-13H2,1-2H3. The molecule has 0 aliphatic carbocycles. The lowest BCUT2D eigenvalue weighted by Crippen LogP contribution is -2.50. The second kappa shape index (κ2) is 8.27. The fraction of sp³-hybridized carbons (Fsp3) is 0.579. The molecular formula is C19H26ClN3O3. The van der Waals surface area contributed by atoms with Gasteiger partial charge in [-0.15, -0.1) is 0 Å². The van der Waals surface area contributed by atoms with E-state index in [0.717, 1.165) is 24.4 Å². The number of rotatable bonds is 3. The molecular weight excluding hydrogens is 354 g/mol. The Morgan fingerprint density at radius 3 is 2.58 bits per heavy atom. The third kappa shape index (κ3) is 4.68. The minimum Gasteiger partial charge on any atom is -0.489 e. The van der Waals surface area contributed by atoms with Gasteiger partial charge >= 0.3 is 0 Å². The van der Waals surface area contributed by atoms with E-state index < -0.39 is 0 Å². The van der Waals surface area contributed by atoms with Crippen molar-refractivity contribution in [2.45, 2.75) is 32.9 Å². The van der Waals surface area contributed by atoms with E-state index in [0.29, 0.717) is 44.2 Å². The van der Waals surface area contributed by atoms with Crippen molar-refractivity contribution in [2.24, 2.45) is 0 Å². The maximum Gasteiger partial charge on any atom is 0.223 e. The number of fused-ring (bicyclic) bond motifs is 1. The van der Waals surface area contributed by atoms with E-state index in [1.54, 1.807) is 11.8 Å². The molecule has 0 saturated carbocycles. The molecule has 0 spiro atoms. The van der Waals surface area contributed by atoms with E-state index in [1.165, 1.54) is 0 Å². The van der Waals surface area contributed by atoms with Crippen LogP contribution in [0.2, 0.25) is 5.02 Å². The molecule has 2 aliphatic rings. The second-order valence-electron chi connectivity index (χ2n) is 7.05. The molecule has 26 heavy (non-hydrogen) atoms. The highest BCUT2D eigenvalue weighted by Gasteiger charge is 2.24. The molecule has 0 bridgehead atoms. The summed E-state index contributed by atoms with van der Waals surface area (Å²) in [5, 5.41) is 0.696. The van der Waals surface area contributed by atoms with Crippen LogP contribution in [0.4, 0.5) is 0 Å². The third-order valence-electron chi connectivity index (χ3n) is 4.98. The number of amides is 2. The lowest BCUT2D eigenvalue weighted by Gasteiger charge is -2.34. The molecule has 0 aromatic heterocycles. The third-order valence-corrected chi connectivity index (χ3v) is 5.21. The van der Waals surface area contributed by atoms with Gasteiger partial charge in [-0.3, -0.25) is 14.5 Å². The largest absolute Gasteiger partial charge is 0.489 e. The van der Waals surface area contributed by atoms with E-state index >= 15 is 0 Å². The van der Waals surface area contributed by atoms with Crippen LogP contribution in [-0.2, 0) is 16.1 Å². The smallest absolute Gasteiger partial charge is 0.223 e. The highest BCUT2D eigenvalue weighted by Crippen LogP contribution is 2.28. The molecule has 2 amide bonds. The van der Waals surface area contributed by atoms with E-state index in [2.05, 4.69) is 4.90 Å². The molecule has 2 aliphatic heterocycles. The van der Waals surface area contributed by atoms with Gasteiger partial charge in [0.25, 0.3) is 0 Å². The van der Waals surface area contributed by atoms with Gasteiger partial charge in [-0.1, -0.05) is 11.6 Å². The Hall–Kier alpha value is -1.79. The summed E-state index contributed by atoms with van der Waals surface area (Å²) in [5.74, 6) is 1.10. The van der Waals surface area contributed by atoms with Gasteiger partial charge in [0.15, 0.2) is 0 Å². The summed E-state index contributed by atoms with van der Waals surface area (Å²) in [6, 6.07) is 5.69. The maximum absolute atomic E-state index is 12.5. The van der Waals surface area contributed by atoms with Crippen molar-refractivity contribution in [3.05, 3.63) is 28.8 Å². The number of nitrogens with zero attached hydrogens (tertiary/aromatic N) is 3. The molecule has 1 atom stereocenters. The summed E-state index contributed by atoms with van der Waals surface area (Å²) in [6.45, 7) is 8.30. The summed E-state index contributed by atoms with van der Waals surface area (Å²) in [5.41, 5.74) is 1.06. The van der Waals surface area contributed by atoms with E-state index in [-0.39, 0.29) is 17.9 Å². The molecule has 1 aromatic carbocycles. The molecule has 1 aromatic rings. The lowest BCUT2D eigenvalue weighted by atomic mass is 10.2. The monoisotopic (exact) mass is 379 g/mol. The van der Waals surface area contributed by atoms with Crippen LogP contribution < -0.4 is 4.74 Å². The van der Waals surface area contributed by atoms with Crippen LogP contribution in [0.15, 0.2) is 18.2 Å². The first-order valence-electron chi connectivity index (χ1n) is 9.13. The average molecular weight is 380 g/mol. The fourth-order valence-electron chi connectivity index (χ4n) is 3.56. The van der Waals surface area contributed by atoms with Gasteiger partial charge in [-0.2, -0.15) is 0 Å². The van der Waals surface area contributed by atoms with Crippen molar-refractivity contribution in [1.82, 2.24) is 14.7 Å². The summed E-state index contributed by atoms with van der Waals surface area (Å²) in [6.07, 6.45) is 0.537. The number of carbonyl (C=O) groups excluding carboxylic acids is 2. The zero-order valence-corrected chi connectivity index (χ0v) is 16.2. The number of halogens is 1. The number of ether oxygens (including phenoxy) is 1. The normalized spacial score (nSPS) is 21.0. The molecule has 1 fully saturated rings. The van der Waals surface area contributed by atoms with Crippen molar-refractivity contribution in [3.63, 3.8) is 0 Å². The van der Waals surface area contributed by atoms with Gasteiger partial charge in [0.1, 0.15) is 11.9 Å². The van der Waals surface area contributed by atoms with Crippen LogP contribution in [0, 0.1) is 0 Å². The zero-order valence-electron chi connectivity index (χ0n) is 15.4. The van der Waals surface area contributed by atoms with Gasteiger partial charge in [0, 0.05) is 69.7 Å². The molecule has 142 valence electrons. The van der Waals surface area contributed by atoms with Crippen molar-refractivity contribution in [1.29, 1.82) is 0 Å². The van der Waals surface area contributed by atoms with E-state index in [4.69, 9.17) is 16.3 Å². The average Bonchev–Trinajstić information content (AvgIpc) is 2.77. The molecule has 1 saturated heterocycles. The number of piperazine rings is 1. The molecule has 6 nitrogen and oxygen atoms in total. The summed E-state index contributed by atoms with van der Waals surface area (Å²) < 4.78 is 5.97. The number of hydrogen-bond acceptors (Lipinski definition) is 4. The van der Waals surface area contributed by atoms with Crippen LogP contribution >= 0.6 is 11.6 Å². The summed E-state index contributed by atoms with van der Waals surface area (Å²) >= 11 is 6.11. The van der Waals surface area contributed by atoms with Crippen LogP contribution in [0.3, 0.4) is 0 Å². The summed E-state index contributed by atoms with van der Waals surface area (Å²) in [7, 11) is 0. The first-order chi connectivity index (χ1) is 12.4. The molecule has 2 heterocycles. The van der Waals surface area contributed by atoms with Crippen LogP contribution in [0.1, 0.15) is 25.8 Å². The van der Waals surface area contributed by atoms with Crippen LogP contribution in [-0.4, -0.2) is 71.9 Å². The number of carbonyl (C=O) groups is 2. The first-order valence-corrected chi connectivity index (χ1v) is 9.51. The highest BCUT2D eigenvalue weighted by molar-refractivity contribution is 6.30. The maximum atomic E-state index is 12.5. The van der Waals surface area contributed by atoms with Gasteiger partial charge < -0.3 is 14.5 Å². The van der Waals surface area contributed by atoms with E-state index in [1.807, 2.05) is 30.0 Å². The second-order valence-corrected chi connectivity index (χ2v) is 7.49. The molecule has 3 rings (SSSR count). The molecule has 7 heteroatoms. The SMILES string of the molecule is CC(=O)N1CCN(C(=O)CCN2Cc3cc(Cl)ccc3OC(C)C2)CC1. The van der Waals surface area contributed by atoms with Gasteiger partial charge in [-0.25, -0.2) is 0 Å². The van der Waals surface area contributed by atoms with Crippen LogP contribution in [0.25, 0.3) is 0 Å². The van der Waals surface area contributed by atoms with Crippen molar-refractivity contribution in [3.8, 4) is 5.75 Å². The lowest BCUT2D eigenvalue weighted by molar-refractivity contribution is -0.138. The molecule has 1 unspecified atom stereocenters. The molecule has 0 radical (unpaired) electrons. The predicted molar refractivity (Wildman–Crippen MR) is 100 cm³/mol. The fourth-order valence-corrected chi connectivity index (χ4v) is 3.76. The van der Waals surface area contributed by atoms with Crippen LogP contribution in [0.5, 0.6) is 5.75 Å². The van der Waals surface area contributed by atoms with E-state index in [9.17, 15) is 9.59 Å². The summed E-state index contributed by atoms with van der Waals surface area (Å²) in [4.78, 5) is 29.8.